The highest BCUT2D eigenvalue weighted by atomic mass is 32.2. The van der Waals surface area contributed by atoms with Crippen LogP contribution in [0.4, 0.5) is 5.82 Å². The van der Waals surface area contributed by atoms with E-state index in [4.69, 9.17) is 5.73 Å². The molecule has 4 rings (SSSR count). The van der Waals surface area contributed by atoms with Crippen LogP contribution in [-0.2, 0) is 16.6 Å². The summed E-state index contributed by atoms with van der Waals surface area (Å²) < 4.78 is 28.5. The number of imidazole rings is 1. The van der Waals surface area contributed by atoms with E-state index in [2.05, 4.69) is 19.3 Å². The highest BCUT2D eigenvalue weighted by molar-refractivity contribution is 7.88. The fraction of sp³-hybridized carbons (Fsp3) is 0.412. The summed E-state index contributed by atoms with van der Waals surface area (Å²) in [5, 5.41) is 0.973. The number of hydrogen-bond donors (Lipinski definition) is 2. The van der Waals surface area contributed by atoms with Gasteiger partial charge in [-0.2, -0.15) is 0 Å². The molecule has 8 heteroatoms. The summed E-state index contributed by atoms with van der Waals surface area (Å²) in [4.78, 5) is 9.04. The summed E-state index contributed by atoms with van der Waals surface area (Å²) in [6.07, 6.45) is 3.86. The maximum Gasteiger partial charge on any atom is 0.209 e. The molecule has 3 aromatic rings. The zero-order valence-electron chi connectivity index (χ0n) is 14.3. The minimum Gasteiger partial charge on any atom is -0.382 e. The van der Waals surface area contributed by atoms with E-state index >= 15 is 0 Å². The van der Waals surface area contributed by atoms with Crippen molar-refractivity contribution >= 4 is 37.8 Å². The molecule has 1 aliphatic carbocycles. The Morgan fingerprint density at radius 3 is 2.64 bits per heavy atom. The Morgan fingerprint density at radius 1 is 1.28 bits per heavy atom. The van der Waals surface area contributed by atoms with E-state index in [1.807, 2.05) is 31.2 Å². The molecule has 0 aliphatic heterocycles. The van der Waals surface area contributed by atoms with Crippen molar-refractivity contribution in [2.75, 3.05) is 12.0 Å². The van der Waals surface area contributed by atoms with Crippen molar-refractivity contribution in [3.05, 3.63) is 30.1 Å². The lowest BCUT2D eigenvalue weighted by atomic mass is 9.77. The molecule has 1 saturated carbocycles. The second kappa shape index (κ2) is 5.40. The molecule has 1 fully saturated rings. The van der Waals surface area contributed by atoms with Crippen molar-refractivity contribution in [2.24, 2.45) is 0 Å². The average Bonchev–Trinajstić information content (AvgIpc) is 2.82. The first-order valence-electron chi connectivity index (χ1n) is 8.28. The van der Waals surface area contributed by atoms with Crippen molar-refractivity contribution in [3.63, 3.8) is 0 Å². The molecule has 0 saturated heterocycles. The van der Waals surface area contributed by atoms with Gasteiger partial charge in [-0.25, -0.2) is 23.1 Å². The summed E-state index contributed by atoms with van der Waals surface area (Å²) >= 11 is 0. The fourth-order valence-electron chi connectivity index (χ4n) is 3.76. The normalized spacial score (nSPS) is 17.0. The molecular formula is C17H21N5O2S. The van der Waals surface area contributed by atoms with E-state index < -0.39 is 15.6 Å². The van der Waals surface area contributed by atoms with Crippen LogP contribution in [-0.4, -0.2) is 34.7 Å². The van der Waals surface area contributed by atoms with Crippen LogP contribution in [0.25, 0.3) is 21.9 Å². The zero-order chi connectivity index (χ0) is 17.8. The lowest BCUT2D eigenvalue weighted by Crippen LogP contribution is -2.55. The smallest absolute Gasteiger partial charge is 0.209 e. The molecule has 2 aromatic heterocycles. The Balaban J connectivity index is 1.91. The molecule has 132 valence electrons. The van der Waals surface area contributed by atoms with Gasteiger partial charge < -0.3 is 10.3 Å². The largest absolute Gasteiger partial charge is 0.382 e. The van der Waals surface area contributed by atoms with Crippen LogP contribution in [0.1, 0.15) is 25.1 Å². The van der Waals surface area contributed by atoms with Gasteiger partial charge in [0.25, 0.3) is 0 Å². The second-order valence-electron chi connectivity index (χ2n) is 6.96. The van der Waals surface area contributed by atoms with Crippen LogP contribution in [0.15, 0.2) is 24.3 Å². The van der Waals surface area contributed by atoms with Crippen LogP contribution in [0.5, 0.6) is 0 Å². The Labute approximate surface area is 146 Å². The van der Waals surface area contributed by atoms with Gasteiger partial charge in [0.1, 0.15) is 11.3 Å². The molecule has 0 atom stereocenters. The lowest BCUT2D eigenvalue weighted by molar-refractivity contribution is 0.192. The number of nitrogens with two attached hydrogens (primary N) is 1. The van der Waals surface area contributed by atoms with Gasteiger partial charge >= 0.3 is 0 Å². The minimum absolute atomic E-state index is 0.397. The molecule has 0 amide bonds. The van der Waals surface area contributed by atoms with Crippen LogP contribution in [0.3, 0.4) is 0 Å². The second-order valence-corrected chi connectivity index (χ2v) is 8.71. The van der Waals surface area contributed by atoms with Crippen molar-refractivity contribution in [1.29, 1.82) is 0 Å². The van der Waals surface area contributed by atoms with E-state index in [1.54, 1.807) is 0 Å². The van der Waals surface area contributed by atoms with Crippen LogP contribution in [0, 0.1) is 6.92 Å². The molecule has 0 radical (unpaired) electrons. The van der Waals surface area contributed by atoms with E-state index in [0.717, 1.165) is 41.5 Å². The average molecular weight is 359 g/mol. The standard InChI is InChI=1S/C17H21N5O2S/c1-11-19-14-15(12-6-3-4-7-13(12)20-16(14)18)22(11)10-17(8-5-9-17)21-25(2,23)24/h3-4,6-7,21H,5,8-10H2,1-2H3,(H2,18,20). The minimum atomic E-state index is -3.28. The van der Waals surface area contributed by atoms with Gasteiger partial charge in [-0.1, -0.05) is 18.2 Å². The molecule has 0 bridgehead atoms. The monoisotopic (exact) mass is 359 g/mol. The number of nitrogen functional groups attached to an aromatic ring is 1. The maximum atomic E-state index is 11.8. The third-order valence-corrected chi connectivity index (χ3v) is 5.78. The molecule has 2 heterocycles. The van der Waals surface area contributed by atoms with Gasteiger partial charge in [0.15, 0.2) is 5.82 Å². The zero-order valence-corrected chi connectivity index (χ0v) is 15.1. The van der Waals surface area contributed by atoms with E-state index in [-0.39, 0.29) is 0 Å². The number of rotatable bonds is 4. The molecule has 0 spiro atoms. The summed E-state index contributed by atoms with van der Waals surface area (Å²) in [6.45, 7) is 2.46. The number of aryl methyl sites for hydroxylation is 1. The molecule has 0 unspecified atom stereocenters. The highest BCUT2D eigenvalue weighted by Crippen LogP contribution is 2.37. The highest BCUT2D eigenvalue weighted by Gasteiger charge is 2.40. The topological polar surface area (TPSA) is 103 Å². The molecular weight excluding hydrogens is 338 g/mol. The van der Waals surface area contributed by atoms with Crippen LogP contribution in [0.2, 0.25) is 0 Å². The van der Waals surface area contributed by atoms with Crippen molar-refractivity contribution in [1.82, 2.24) is 19.3 Å². The quantitative estimate of drug-likeness (QED) is 0.741. The number of nitrogens with zero attached hydrogens (tertiary/aromatic N) is 3. The van der Waals surface area contributed by atoms with Crippen molar-refractivity contribution in [2.45, 2.75) is 38.3 Å². The first-order chi connectivity index (χ1) is 11.8. The summed E-state index contributed by atoms with van der Waals surface area (Å²) in [5.41, 5.74) is 8.07. The molecule has 1 aliphatic rings. The number of sulfonamides is 1. The predicted octanol–water partition coefficient (Wildman–Crippen LogP) is 1.95. The van der Waals surface area contributed by atoms with Gasteiger partial charge in [-0.05, 0) is 32.3 Å². The number of nitrogens with one attached hydrogen (secondary N) is 1. The van der Waals surface area contributed by atoms with Gasteiger partial charge in [-0.15, -0.1) is 0 Å². The fourth-order valence-corrected chi connectivity index (χ4v) is 4.81. The molecule has 7 nitrogen and oxygen atoms in total. The van der Waals surface area contributed by atoms with Crippen LogP contribution >= 0.6 is 0 Å². The predicted molar refractivity (Wildman–Crippen MR) is 98.7 cm³/mol. The SMILES string of the molecule is Cc1nc2c(N)nc3ccccc3c2n1CC1(NS(C)(=O)=O)CCC1. The summed E-state index contributed by atoms with van der Waals surface area (Å²) in [7, 11) is -3.28. The van der Waals surface area contributed by atoms with Gasteiger partial charge in [0.05, 0.1) is 22.8 Å². The Bertz CT molecular complexity index is 1080. The third kappa shape index (κ3) is 2.75. The number of pyridine rings is 1. The summed E-state index contributed by atoms with van der Waals surface area (Å²) in [6, 6.07) is 7.80. The number of aromatic nitrogens is 3. The van der Waals surface area contributed by atoms with Gasteiger partial charge in [0.2, 0.25) is 10.0 Å². The van der Waals surface area contributed by atoms with Gasteiger partial charge in [0, 0.05) is 11.9 Å². The third-order valence-electron chi connectivity index (χ3n) is 4.97. The number of fused-ring (bicyclic) bond motifs is 3. The van der Waals surface area contributed by atoms with Crippen LogP contribution < -0.4 is 10.5 Å². The van der Waals surface area contributed by atoms with Crippen molar-refractivity contribution in [3.8, 4) is 0 Å². The molecule has 25 heavy (non-hydrogen) atoms. The first-order valence-corrected chi connectivity index (χ1v) is 10.2. The van der Waals surface area contributed by atoms with E-state index in [0.29, 0.717) is 17.9 Å². The first kappa shape index (κ1) is 16.3. The van der Waals surface area contributed by atoms with Gasteiger partial charge in [-0.3, -0.25) is 0 Å². The van der Waals surface area contributed by atoms with E-state index in [1.165, 1.54) is 6.26 Å². The number of hydrogen-bond acceptors (Lipinski definition) is 5. The number of anilines is 1. The Hall–Kier alpha value is -2.19. The maximum absolute atomic E-state index is 11.8. The number of para-hydroxylation sites is 1. The number of benzene rings is 1. The Morgan fingerprint density at radius 2 is 2.00 bits per heavy atom. The molecule has 3 N–H and O–H groups in total. The van der Waals surface area contributed by atoms with Crippen molar-refractivity contribution < 1.29 is 8.42 Å². The van der Waals surface area contributed by atoms with E-state index in [9.17, 15) is 8.42 Å². The summed E-state index contributed by atoms with van der Waals surface area (Å²) in [5.74, 6) is 1.20. The Kier molecular flexibility index (Phi) is 3.52. The molecule has 1 aromatic carbocycles. The lowest BCUT2D eigenvalue weighted by Gasteiger charge is -2.42.